The van der Waals surface area contributed by atoms with Gasteiger partial charge in [-0.25, -0.2) is 0 Å². The first-order valence-electron chi connectivity index (χ1n) is 5.25. The molecule has 0 aliphatic carbocycles. The lowest BCUT2D eigenvalue weighted by Crippen LogP contribution is -2.35. The van der Waals surface area contributed by atoms with Gasteiger partial charge in [0.25, 0.3) is 0 Å². The quantitative estimate of drug-likeness (QED) is 0.647. The van der Waals surface area contributed by atoms with E-state index >= 15 is 0 Å². The molecule has 80 valence electrons. The standard InChI is InChI=1S/C10H17NO3/c1-7-4-8(6-14-7)10(13)11-3-2-9(12)5-11/h7-9,12H,2-6H2,1H3. The van der Waals surface area contributed by atoms with E-state index in [0.717, 1.165) is 12.8 Å². The van der Waals surface area contributed by atoms with Gasteiger partial charge >= 0.3 is 0 Å². The number of hydrogen-bond acceptors (Lipinski definition) is 3. The first-order chi connectivity index (χ1) is 6.66. The molecule has 1 N–H and O–H groups in total. The normalized spacial score (nSPS) is 37.9. The highest BCUT2D eigenvalue weighted by Crippen LogP contribution is 2.23. The van der Waals surface area contributed by atoms with Gasteiger partial charge in [-0.2, -0.15) is 0 Å². The lowest BCUT2D eigenvalue weighted by Gasteiger charge is -2.18. The summed E-state index contributed by atoms with van der Waals surface area (Å²) < 4.78 is 5.36. The minimum atomic E-state index is -0.321. The number of rotatable bonds is 1. The third kappa shape index (κ3) is 1.91. The Balaban J connectivity index is 1.89. The number of β-amino-alcohol motifs (C(OH)–C–C–N with tert-alkyl or cyclic N) is 1. The Morgan fingerprint density at radius 1 is 1.57 bits per heavy atom. The number of ether oxygens (including phenoxy) is 1. The van der Waals surface area contributed by atoms with Crippen molar-refractivity contribution in [2.75, 3.05) is 19.7 Å². The Hall–Kier alpha value is -0.610. The molecule has 1 amide bonds. The molecule has 2 saturated heterocycles. The second-order valence-electron chi connectivity index (χ2n) is 4.30. The monoisotopic (exact) mass is 199 g/mol. The summed E-state index contributed by atoms with van der Waals surface area (Å²) in [5, 5.41) is 9.32. The van der Waals surface area contributed by atoms with Crippen LogP contribution in [0.4, 0.5) is 0 Å². The lowest BCUT2D eigenvalue weighted by molar-refractivity contribution is -0.134. The molecule has 0 aromatic heterocycles. The number of carbonyl (C=O) groups excluding carboxylic acids is 1. The molecule has 0 radical (unpaired) electrons. The van der Waals surface area contributed by atoms with E-state index in [0.29, 0.717) is 19.7 Å². The molecule has 3 unspecified atom stereocenters. The van der Waals surface area contributed by atoms with E-state index in [2.05, 4.69) is 0 Å². The summed E-state index contributed by atoms with van der Waals surface area (Å²) in [6, 6.07) is 0. The topological polar surface area (TPSA) is 49.8 Å². The molecule has 0 saturated carbocycles. The van der Waals surface area contributed by atoms with Gasteiger partial charge < -0.3 is 14.7 Å². The molecular weight excluding hydrogens is 182 g/mol. The van der Waals surface area contributed by atoms with Gasteiger partial charge in [0.1, 0.15) is 0 Å². The average molecular weight is 199 g/mol. The van der Waals surface area contributed by atoms with Crippen molar-refractivity contribution in [3.05, 3.63) is 0 Å². The van der Waals surface area contributed by atoms with Gasteiger partial charge in [0.15, 0.2) is 0 Å². The van der Waals surface area contributed by atoms with E-state index in [4.69, 9.17) is 4.74 Å². The van der Waals surface area contributed by atoms with Crippen molar-refractivity contribution in [3.8, 4) is 0 Å². The van der Waals surface area contributed by atoms with E-state index in [-0.39, 0.29) is 24.0 Å². The summed E-state index contributed by atoms with van der Waals surface area (Å²) in [6.45, 7) is 3.74. The van der Waals surface area contributed by atoms with Gasteiger partial charge in [0, 0.05) is 13.1 Å². The lowest BCUT2D eigenvalue weighted by atomic mass is 10.1. The van der Waals surface area contributed by atoms with Gasteiger partial charge in [-0.05, 0) is 19.8 Å². The molecule has 4 nitrogen and oxygen atoms in total. The summed E-state index contributed by atoms with van der Waals surface area (Å²) in [5.74, 6) is 0.182. The van der Waals surface area contributed by atoms with Crippen LogP contribution in [0.25, 0.3) is 0 Å². The maximum absolute atomic E-state index is 11.9. The molecule has 0 spiro atoms. The van der Waals surface area contributed by atoms with Crippen LogP contribution in [-0.4, -0.2) is 47.8 Å². The van der Waals surface area contributed by atoms with Crippen LogP contribution in [0.3, 0.4) is 0 Å². The number of carbonyl (C=O) groups is 1. The number of amides is 1. The van der Waals surface area contributed by atoms with E-state index in [1.807, 2.05) is 6.92 Å². The van der Waals surface area contributed by atoms with Crippen molar-refractivity contribution < 1.29 is 14.6 Å². The van der Waals surface area contributed by atoms with Crippen LogP contribution < -0.4 is 0 Å². The SMILES string of the molecule is CC1CC(C(=O)N2CCC(O)C2)CO1. The number of hydrogen-bond donors (Lipinski definition) is 1. The Morgan fingerprint density at radius 2 is 2.36 bits per heavy atom. The van der Waals surface area contributed by atoms with Crippen molar-refractivity contribution in [3.63, 3.8) is 0 Å². The molecule has 14 heavy (non-hydrogen) atoms. The second kappa shape index (κ2) is 3.87. The maximum Gasteiger partial charge on any atom is 0.228 e. The van der Waals surface area contributed by atoms with Gasteiger partial charge in [-0.15, -0.1) is 0 Å². The van der Waals surface area contributed by atoms with Crippen LogP contribution in [0, 0.1) is 5.92 Å². The van der Waals surface area contributed by atoms with Crippen LogP contribution in [0.1, 0.15) is 19.8 Å². The van der Waals surface area contributed by atoms with Crippen LogP contribution in [-0.2, 0) is 9.53 Å². The fourth-order valence-electron chi connectivity index (χ4n) is 2.19. The fraction of sp³-hybridized carbons (Fsp3) is 0.900. The second-order valence-corrected chi connectivity index (χ2v) is 4.30. The average Bonchev–Trinajstić information content (AvgIpc) is 2.73. The minimum absolute atomic E-state index is 0.0234. The Bertz CT molecular complexity index is 209. The van der Waals surface area contributed by atoms with E-state index in [1.165, 1.54) is 0 Å². The largest absolute Gasteiger partial charge is 0.391 e. The van der Waals surface area contributed by atoms with E-state index < -0.39 is 0 Å². The van der Waals surface area contributed by atoms with E-state index in [1.54, 1.807) is 4.90 Å². The zero-order chi connectivity index (χ0) is 10.1. The summed E-state index contributed by atoms with van der Waals surface area (Å²) in [7, 11) is 0. The van der Waals surface area contributed by atoms with Gasteiger partial charge in [-0.1, -0.05) is 0 Å². The highest BCUT2D eigenvalue weighted by atomic mass is 16.5. The summed E-state index contributed by atoms with van der Waals surface area (Å²) in [4.78, 5) is 13.6. The van der Waals surface area contributed by atoms with Gasteiger partial charge in [0.2, 0.25) is 5.91 Å². The Labute approximate surface area is 83.8 Å². The van der Waals surface area contributed by atoms with Crippen LogP contribution in [0.15, 0.2) is 0 Å². The molecule has 0 aromatic rings. The first-order valence-corrected chi connectivity index (χ1v) is 5.25. The molecule has 0 bridgehead atoms. The molecule has 2 heterocycles. The highest BCUT2D eigenvalue weighted by molar-refractivity contribution is 5.79. The molecule has 2 aliphatic heterocycles. The first kappa shape index (κ1) is 9.93. The van der Waals surface area contributed by atoms with Gasteiger partial charge in [-0.3, -0.25) is 4.79 Å². The highest BCUT2D eigenvalue weighted by Gasteiger charge is 2.34. The number of aliphatic hydroxyl groups excluding tert-OH is 1. The van der Waals surface area contributed by atoms with Crippen LogP contribution >= 0.6 is 0 Å². The van der Waals surface area contributed by atoms with Crippen LogP contribution in [0.2, 0.25) is 0 Å². The maximum atomic E-state index is 11.9. The number of likely N-dealkylation sites (tertiary alicyclic amines) is 1. The molecule has 0 aromatic carbocycles. The van der Waals surface area contributed by atoms with Crippen molar-refractivity contribution in [1.29, 1.82) is 0 Å². The molecule has 4 heteroatoms. The van der Waals surface area contributed by atoms with Gasteiger partial charge in [0.05, 0.1) is 24.7 Å². The fourth-order valence-corrected chi connectivity index (χ4v) is 2.19. The Kier molecular flexibility index (Phi) is 2.74. The van der Waals surface area contributed by atoms with Crippen molar-refractivity contribution in [2.45, 2.75) is 32.0 Å². The minimum Gasteiger partial charge on any atom is -0.391 e. The van der Waals surface area contributed by atoms with Crippen molar-refractivity contribution in [1.82, 2.24) is 4.90 Å². The third-order valence-corrected chi connectivity index (χ3v) is 3.02. The predicted molar refractivity (Wildman–Crippen MR) is 50.7 cm³/mol. The third-order valence-electron chi connectivity index (χ3n) is 3.02. The smallest absolute Gasteiger partial charge is 0.228 e. The Morgan fingerprint density at radius 3 is 2.86 bits per heavy atom. The summed E-state index contributed by atoms with van der Waals surface area (Å²) in [6.07, 6.45) is 1.43. The number of aliphatic hydroxyl groups is 1. The molecule has 3 atom stereocenters. The van der Waals surface area contributed by atoms with Crippen molar-refractivity contribution >= 4 is 5.91 Å². The summed E-state index contributed by atoms with van der Waals surface area (Å²) >= 11 is 0. The van der Waals surface area contributed by atoms with Crippen molar-refractivity contribution in [2.24, 2.45) is 5.92 Å². The molecule has 2 aliphatic rings. The molecule has 2 fully saturated rings. The van der Waals surface area contributed by atoms with E-state index in [9.17, 15) is 9.90 Å². The predicted octanol–water partition coefficient (Wildman–Crippen LogP) is 0.00460. The molecule has 2 rings (SSSR count). The molecular formula is C10H17NO3. The summed E-state index contributed by atoms with van der Waals surface area (Å²) in [5.41, 5.74) is 0. The number of nitrogens with zero attached hydrogens (tertiary/aromatic N) is 1. The zero-order valence-electron chi connectivity index (χ0n) is 8.48. The zero-order valence-corrected chi connectivity index (χ0v) is 8.48. The van der Waals surface area contributed by atoms with Crippen LogP contribution in [0.5, 0.6) is 0 Å².